The molecule has 0 saturated carbocycles. The molecule has 2 fully saturated rings. The minimum atomic E-state index is -1.14. The number of aliphatic hydroxyl groups is 1. The van der Waals surface area contributed by atoms with Crippen LogP contribution in [0.15, 0.2) is 35.0 Å². The summed E-state index contributed by atoms with van der Waals surface area (Å²) in [6.45, 7) is 3.75. The van der Waals surface area contributed by atoms with Gasteiger partial charge in [-0.05, 0) is 36.8 Å². The molecule has 3 aliphatic rings. The second kappa shape index (κ2) is 8.04. The summed E-state index contributed by atoms with van der Waals surface area (Å²) in [7, 11) is 4.56. The van der Waals surface area contributed by atoms with Crippen LogP contribution in [-0.2, 0) is 19.9 Å². The van der Waals surface area contributed by atoms with Gasteiger partial charge in [0, 0.05) is 13.1 Å². The molecule has 162 valence electrons. The van der Waals surface area contributed by atoms with Crippen LogP contribution in [-0.4, -0.2) is 62.1 Å². The Morgan fingerprint density at radius 3 is 2.83 bits per heavy atom. The monoisotopic (exact) mass is 414 g/mol. The molecule has 2 saturated heterocycles. The van der Waals surface area contributed by atoms with E-state index in [1.807, 2.05) is 18.2 Å². The number of methoxy groups -OCH3 is 3. The van der Waals surface area contributed by atoms with E-state index in [1.165, 1.54) is 13.4 Å². The first-order valence-corrected chi connectivity index (χ1v) is 10.5. The quantitative estimate of drug-likeness (QED) is 0.453. The van der Waals surface area contributed by atoms with Crippen LogP contribution in [0.4, 0.5) is 5.69 Å². The largest absolute Gasteiger partial charge is 0.504 e. The molecule has 0 spiro atoms. The Morgan fingerprint density at radius 2 is 2.17 bits per heavy atom. The van der Waals surface area contributed by atoms with Crippen molar-refractivity contribution >= 4 is 17.4 Å². The molecule has 4 atom stereocenters. The summed E-state index contributed by atoms with van der Waals surface area (Å²) in [5.74, 6) is 0.569. The fourth-order valence-electron chi connectivity index (χ4n) is 5.45. The predicted octanol–water partition coefficient (Wildman–Crippen LogP) is 2.79. The molecule has 1 unspecified atom stereocenters. The van der Waals surface area contributed by atoms with Gasteiger partial charge in [0.05, 0.1) is 56.2 Å². The van der Waals surface area contributed by atoms with Crippen molar-refractivity contribution in [3.8, 4) is 5.75 Å². The summed E-state index contributed by atoms with van der Waals surface area (Å²) < 4.78 is 15.8. The van der Waals surface area contributed by atoms with E-state index in [0.29, 0.717) is 30.1 Å². The third kappa shape index (κ3) is 3.11. The fourth-order valence-corrected chi connectivity index (χ4v) is 5.45. The molecule has 1 N–H and O–H groups in total. The predicted molar refractivity (Wildman–Crippen MR) is 113 cm³/mol. The summed E-state index contributed by atoms with van der Waals surface area (Å²) in [5, 5.41) is 11.8. The van der Waals surface area contributed by atoms with Crippen molar-refractivity contribution in [3.05, 3.63) is 35.6 Å². The number of carbonyl (C=O) groups is 1. The average Bonchev–Trinajstić information content (AvgIpc) is 3.09. The molecule has 7 heteroatoms. The van der Waals surface area contributed by atoms with Crippen LogP contribution < -0.4 is 4.74 Å². The van der Waals surface area contributed by atoms with E-state index in [9.17, 15) is 9.90 Å². The first-order valence-electron chi connectivity index (χ1n) is 10.5. The third-order valence-corrected chi connectivity index (χ3v) is 6.92. The van der Waals surface area contributed by atoms with Crippen molar-refractivity contribution in [3.63, 3.8) is 0 Å². The van der Waals surface area contributed by atoms with Gasteiger partial charge in [0.2, 0.25) is 0 Å². The molecule has 7 nitrogen and oxygen atoms in total. The summed E-state index contributed by atoms with van der Waals surface area (Å²) >= 11 is 0. The molecule has 0 radical (unpaired) electrons. The van der Waals surface area contributed by atoms with E-state index >= 15 is 0 Å². The first kappa shape index (κ1) is 20.9. The lowest BCUT2D eigenvalue weighted by Gasteiger charge is -2.50. The molecule has 1 aromatic carbocycles. The van der Waals surface area contributed by atoms with E-state index in [1.54, 1.807) is 14.2 Å². The average molecular weight is 415 g/mol. The molecule has 4 rings (SSSR count). The zero-order valence-electron chi connectivity index (χ0n) is 18.1. The fraction of sp³-hybridized carbons (Fsp3) is 0.565. The topological polar surface area (TPSA) is 80.6 Å². The molecule has 3 aliphatic heterocycles. The van der Waals surface area contributed by atoms with Gasteiger partial charge in [-0.3, -0.25) is 9.89 Å². The van der Waals surface area contributed by atoms with Gasteiger partial charge in [-0.2, -0.15) is 0 Å². The molecule has 1 aromatic rings. The minimum Gasteiger partial charge on any atom is -0.504 e. The lowest BCUT2D eigenvalue weighted by Crippen LogP contribution is -2.60. The summed E-state index contributed by atoms with van der Waals surface area (Å²) in [4.78, 5) is 19.8. The van der Waals surface area contributed by atoms with Crippen molar-refractivity contribution in [2.75, 3.05) is 34.4 Å². The van der Waals surface area contributed by atoms with Crippen LogP contribution in [0.2, 0.25) is 0 Å². The Labute approximate surface area is 177 Å². The summed E-state index contributed by atoms with van der Waals surface area (Å²) in [6, 6.07) is 5.63. The molecule has 0 bridgehead atoms. The molecular formula is C23H30N2O5. The van der Waals surface area contributed by atoms with Crippen molar-refractivity contribution in [1.29, 1.82) is 0 Å². The number of ether oxygens (including phenoxy) is 3. The van der Waals surface area contributed by atoms with Crippen molar-refractivity contribution < 1.29 is 24.1 Å². The second-order valence-corrected chi connectivity index (χ2v) is 8.28. The number of benzene rings is 1. The van der Waals surface area contributed by atoms with Gasteiger partial charge in [-0.15, -0.1) is 0 Å². The molecular weight excluding hydrogens is 384 g/mol. The van der Waals surface area contributed by atoms with E-state index in [2.05, 4.69) is 11.8 Å². The standard InChI is InChI=1S/C23H30N2O5/c1-5-14-12-25-10-9-23(27)20-17(7-6-8-19(20)29-3)24-21(23)18(25)11-15(14)16(13-28-2)22(26)30-4/h6-8,13-15,18,27H,5,9-12H2,1-4H3/b16-13-/t14?,15-,18-,23-/m0/s1. The van der Waals surface area contributed by atoms with Crippen molar-refractivity contribution in [2.45, 2.75) is 37.8 Å². The van der Waals surface area contributed by atoms with Crippen LogP contribution >= 0.6 is 0 Å². The highest BCUT2D eigenvalue weighted by molar-refractivity contribution is 6.05. The maximum Gasteiger partial charge on any atom is 0.337 e. The maximum absolute atomic E-state index is 12.5. The van der Waals surface area contributed by atoms with Gasteiger partial charge >= 0.3 is 5.97 Å². The number of aliphatic imine (C=N–C) groups is 1. The number of hydrogen-bond acceptors (Lipinski definition) is 7. The molecule has 3 heterocycles. The zero-order valence-corrected chi connectivity index (χ0v) is 18.1. The van der Waals surface area contributed by atoms with Gasteiger partial charge in [0.25, 0.3) is 0 Å². The Hall–Kier alpha value is -2.38. The SMILES string of the molecule is CCC1CN2CC[C@@]3(O)C(=Nc4cccc(OC)c43)[C@@H]2C[C@@H]1/C(=C/OC)C(=O)OC. The second-order valence-electron chi connectivity index (χ2n) is 8.28. The Balaban J connectivity index is 1.72. The van der Waals surface area contributed by atoms with Crippen LogP contribution in [0, 0.1) is 11.8 Å². The van der Waals surface area contributed by atoms with Gasteiger partial charge in [-0.1, -0.05) is 19.4 Å². The van der Waals surface area contributed by atoms with E-state index < -0.39 is 5.60 Å². The summed E-state index contributed by atoms with van der Waals surface area (Å²) in [6.07, 6.45) is 3.71. The molecule has 0 amide bonds. The highest BCUT2D eigenvalue weighted by atomic mass is 16.5. The lowest BCUT2D eigenvalue weighted by atomic mass is 9.70. The number of carbonyl (C=O) groups excluding carboxylic acids is 1. The van der Waals surface area contributed by atoms with E-state index in [4.69, 9.17) is 19.2 Å². The van der Waals surface area contributed by atoms with Gasteiger partial charge in [0.15, 0.2) is 0 Å². The minimum absolute atomic E-state index is 0.0284. The van der Waals surface area contributed by atoms with Gasteiger partial charge in [0.1, 0.15) is 11.4 Å². The lowest BCUT2D eigenvalue weighted by molar-refractivity contribution is -0.137. The van der Waals surface area contributed by atoms with Crippen molar-refractivity contribution in [2.24, 2.45) is 16.8 Å². The molecule has 0 aliphatic carbocycles. The molecule has 0 aromatic heterocycles. The van der Waals surface area contributed by atoms with Crippen LogP contribution in [0.25, 0.3) is 0 Å². The van der Waals surface area contributed by atoms with Crippen LogP contribution in [0.3, 0.4) is 0 Å². The normalized spacial score (nSPS) is 30.6. The van der Waals surface area contributed by atoms with Crippen LogP contribution in [0.1, 0.15) is 31.7 Å². The zero-order chi connectivity index (χ0) is 21.5. The Morgan fingerprint density at radius 1 is 1.37 bits per heavy atom. The smallest absolute Gasteiger partial charge is 0.337 e. The number of piperidine rings is 2. The van der Waals surface area contributed by atoms with Gasteiger partial charge < -0.3 is 19.3 Å². The number of fused-ring (bicyclic) bond motifs is 5. The van der Waals surface area contributed by atoms with E-state index in [-0.39, 0.29) is 17.9 Å². The van der Waals surface area contributed by atoms with Crippen molar-refractivity contribution in [1.82, 2.24) is 4.90 Å². The number of hydrogen-bond donors (Lipinski definition) is 1. The van der Waals surface area contributed by atoms with Gasteiger partial charge in [-0.25, -0.2) is 4.79 Å². The maximum atomic E-state index is 12.5. The number of nitrogens with zero attached hydrogens (tertiary/aromatic N) is 2. The first-order chi connectivity index (χ1) is 14.5. The Kier molecular flexibility index (Phi) is 5.59. The number of esters is 1. The Bertz CT molecular complexity index is 896. The van der Waals surface area contributed by atoms with Crippen LogP contribution in [0.5, 0.6) is 5.75 Å². The third-order valence-electron chi connectivity index (χ3n) is 6.92. The highest BCUT2D eigenvalue weighted by Gasteiger charge is 2.54. The summed E-state index contributed by atoms with van der Waals surface area (Å²) in [5.41, 5.74) is 1.70. The number of rotatable bonds is 5. The van der Waals surface area contributed by atoms with E-state index in [0.717, 1.165) is 36.5 Å². The highest BCUT2D eigenvalue weighted by Crippen LogP contribution is 2.51. The molecule has 30 heavy (non-hydrogen) atoms.